The van der Waals surface area contributed by atoms with Crippen molar-refractivity contribution in [2.24, 2.45) is 0 Å². The van der Waals surface area contributed by atoms with Gasteiger partial charge in [-0.1, -0.05) is 23.7 Å². The second-order valence-corrected chi connectivity index (χ2v) is 7.78. The van der Waals surface area contributed by atoms with E-state index in [0.29, 0.717) is 5.69 Å². The zero-order chi connectivity index (χ0) is 22.5. The predicted octanol–water partition coefficient (Wildman–Crippen LogP) is 4.98. The van der Waals surface area contributed by atoms with E-state index in [-0.39, 0.29) is 18.1 Å². The van der Waals surface area contributed by atoms with E-state index in [1.54, 1.807) is 26.1 Å². The molecule has 0 radical (unpaired) electrons. The van der Waals surface area contributed by atoms with Crippen molar-refractivity contribution in [1.29, 1.82) is 0 Å². The van der Waals surface area contributed by atoms with Gasteiger partial charge in [-0.2, -0.15) is 13.2 Å². The van der Waals surface area contributed by atoms with E-state index in [1.807, 2.05) is 18.4 Å². The number of thioether (sulfide) groups is 1. The van der Waals surface area contributed by atoms with Gasteiger partial charge >= 0.3 is 6.18 Å². The fourth-order valence-corrected chi connectivity index (χ4v) is 3.35. The Morgan fingerprint density at radius 2 is 1.83 bits per heavy atom. The molecule has 1 atom stereocenters. The third-order valence-corrected chi connectivity index (χ3v) is 5.48. The number of hydrogen-bond donors (Lipinski definition) is 2. The molecule has 10 heteroatoms. The lowest BCUT2D eigenvalue weighted by molar-refractivity contribution is -0.137. The highest BCUT2D eigenvalue weighted by Crippen LogP contribution is 2.36. The normalized spacial score (nSPS) is 12.5. The summed E-state index contributed by atoms with van der Waals surface area (Å²) in [5.74, 6) is -0.866. The van der Waals surface area contributed by atoms with E-state index >= 15 is 0 Å². The Morgan fingerprint density at radius 3 is 2.47 bits per heavy atom. The van der Waals surface area contributed by atoms with Crippen LogP contribution < -0.4 is 10.6 Å². The van der Waals surface area contributed by atoms with Crippen molar-refractivity contribution < 1.29 is 22.8 Å². The number of hydrogen-bond acceptors (Lipinski definition) is 4. The van der Waals surface area contributed by atoms with Gasteiger partial charge in [-0.25, -0.2) is 0 Å². The maximum absolute atomic E-state index is 13.0. The highest BCUT2D eigenvalue weighted by molar-refractivity contribution is 7.98. The molecule has 0 saturated carbocycles. The van der Waals surface area contributed by atoms with Gasteiger partial charge < -0.3 is 10.6 Å². The topological polar surface area (TPSA) is 61.4 Å². The summed E-state index contributed by atoms with van der Waals surface area (Å²) in [6.07, 6.45) is -2.74. The molecule has 0 aliphatic rings. The summed E-state index contributed by atoms with van der Waals surface area (Å²) >= 11 is 7.07. The highest BCUT2D eigenvalue weighted by atomic mass is 35.5. The van der Waals surface area contributed by atoms with Crippen molar-refractivity contribution in [3.05, 3.63) is 53.1 Å². The molecular formula is C20H21ClF3N3O2S. The summed E-state index contributed by atoms with van der Waals surface area (Å²) in [6, 6.07) is 9.80. The van der Waals surface area contributed by atoms with E-state index in [9.17, 15) is 22.8 Å². The van der Waals surface area contributed by atoms with Crippen molar-refractivity contribution in [2.75, 3.05) is 30.5 Å². The molecule has 0 aromatic heterocycles. The van der Waals surface area contributed by atoms with Gasteiger partial charge in [0.1, 0.15) is 0 Å². The molecule has 0 fully saturated rings. The number of anilines is 2. The third kappa shape index (κ3) is 6.38. The summed E-state index contributed by atoms with van der Waals surface area (Å²) in [4.78, 5) is 27.2. The lowest BCUT2D eigenvalue weighted by atomic mass is 10.2. The average Bonchev–Trinajstić information content (AvgIpc) is 2.68. The van der Waals surface area contributed by atoms with Gasteiger partial charge in [0.25, 0.3) is 0 Å². The molecule has 5 nitrogen and oxygen atoms in total. The van der Waals surface area contributed by atoms with Gasteiger partial charge in [0.15, 0.2) is 0 Å². The molecular weight excluding hydrogens is 439 g/mol. The van der Waals surface area contributed by atoms with Crippen molar-refractivity contribution in [2.45, 2.75) is 24.0 Å². The molecule has 2 amide bonds. The predicted molar refractivity (Wildman–Crippen MR) is 114 cm³/mol. The van der Waals surface area contributed by atoms with Gasteiger partial charge in [-0.15, -0.1) is 11.8 Å². The van der Waals surface area contributed by atoms with Crippen LogP contribution in [-0.4, -0.2) is 42.6 Å². The minimum atomic E-state index is -4.63. The monoisotopic (exact) mass is 459 g/mol. The Balaban J connectivity index is 1.99. The van der Waals surface area contributed by atoms with Crippen LogP contribution in [0.25, 0.3) is 0 Å². The van der Waals surface area contributed by atoms with Gasteiger partial charge in [-0.05, 0) is 50.6 Å². The minimum Gasteiger partial charge on any atom is -0.325 e. The number of carbonyl (C=O) groups is 2. The number of benzene rings is 2. The summed E-state index contributed by atoms with van der Waals surface area (Å²) in [6.45, 7) is 1.44. The Morgan fingerprint density at radius 1 is 1.17 bits per heavy atom. The Kier molecular flexibility index (Phi) is 8.17. The van der Waals surface area contributed by atoms with Crippen LogP contribution in [0, 0.1) is 0 Å². The molecule has 0 spiro atoms. The first-order chi connectivity index (χ1) is 14.0. The van der Waals surface area contributed by atoms with Gasteiger partial charge in [0.2, 0.25) is 11.8 Å². The van der Waals surface area contributed by atoms with Crippen LogP contribution in [0.15, 0.2) is 47.4 Å². The number of nitrogens with zero attached hydrogens (tertiary/aromatic N) is 1. The number of likely N-dealkylation sites (N-methyl/N-ethyl adjacent to an activating group) is 1. The molecule has 2 aromatic carbocycles. The van der Waals surface area contributed by atoms with Crippen LogP contribution >= 0.6 is 23.4 Å². The molecule has 0 heterocycles. The Labute approximate surface area is 182 Å². The molecule has 0 aliphatic carbocycles. The van der Waals surface area contributed by atoms with Crippen molar-refractivity contribution in [1.82, 2.24) is 4.90 Å². The molecule has 2 rings (SSSR count). The smallest absolute Gasteiger partial charge is 0.325 e. The van der Waals surface area contributed by atoms with E-state index in [2.05, 4.69) is 10.6 Å². The SMILES string of the molecule is CSc1ccccc1NC(=O)C(C)N(C)CC(=O)Nc1ccc(Cl)c(C(F)(F)F)c1. The number of alkyl halides is 3. The van der Waals surface area contributed by atoms with Crippen LogP contribution in [-0.2, 0) is 15.8 Å². The van der Waals surface area contributed by atoms with E-state index in [1.165, 1.54) is 22.7 Å². The maximum Gasteiger partial charge on any atom is 0.417 e. The number of para-hydroxylation sites is 1. The first kappa shape index (κ1) is 24.0. The largest absolute Gasteiger partial charge is 0.417 e. The van der Waals surface area contributed by atoms with Crippen LogP contribution in [0.5, 0.6) is 0 Å². The summed E-state index contributed by atoms with van der Waals surface area (Å²) < 4.78 is 38.9. The molecule has 2 aromatic rings. The van der Waals surface area contributed by atoms with Gasteiger partial charge in [0, 0.05) is 10.6 Å². The van der Waals surface area contributed by atoms with Crippen molar-refractivity contribution in [3.8, 4) is 0 Å². The van der Waals surface area contributed by atoms with Gasteiger partial charge in [-0.3, -0.25) is 14.5 Å². The molecule has 0 saturated heterocycles. The zero-order valence-corrected chi connectivity index (χ0v) is 18.1. The quantitative estimate of drug-likeness (QED) is 0.573. The molecule has 1 unspecified atom stereocenters. The van der Waals surface area contributed by atoms with Crippen molar-refractivity contribution in [3.63, 3.8) is 0 Å². The van der Waals surface area contributed by atoms with E-state index < -0.39 is 28.7 Å². The molecule has 2 N–H and O–H groups in total. The summed E-state index contributed by atoms with van der Waals surface area (Å²) in [5.41, 5.74) is -0.396. The third-order valence-electron chi connectivity index (χ3n) is 4.35. The maximum atomic E-state index is 13.0. The number of halogens is 4. The molecule has 0 bridgehead atoms. The molecule has 162 valence electrons. The number of nitrogens with one attached hydrogen (secondary N) is 2. The van der Waals surface area contributed by atoms with Crippen LogP contribution in [0.2, 0.25) is 5.02 Å². The Bertz CT molecular complexity index is 924. The van der Waals surface area contributed by atoms with Crippen LogP contribution in [0.3, 0.4) is 0 Å². The first-order valence-corrected chi connectivity index (χ1v) is 10.4. The fraction of sp³-hybridized carbons (Fsp3) is 0.300. The summed E-state index contributed by atoms with van der Waals surface area (Å²) in [7, 11) is 1.58. The number of rotatable bonds is 7. The lowest BCUT2D eigenvalue weighted by Gasteiger charge is -2.24. The fourth-order valence-electron chi connectivity index (χ4n) is 2.57. The van der Waals surface area contributed by atoms with E-state index in [4.69, 9.17) is 11.6 Å². The van der Waals surface area contributed by atoms with E-state index in [0.717, 1.165) is 17.0 Å². The van der Waals surface area contributed by atoms with Crippen molar-refractivity contribution >= 4 is 46.6 Å². The van der Waals surface area contributed by atoms with Crippen LogP contribution in [0.4, 0.5) is 24.5 Å². The second kappa shape index (κ2) is 10.2. The van der Waals surface area contributed by atoms with Gasteiger partial charge in [0.05, 0.1) is 28.9 Å². The lowest BCUT2D eigenvalue weighted by Crippen LogP contribution is -2.43. The zero-order valence-electron chi connectivity index (χ0n) is 16.5. The standard InChI is InChI=1S/C20H21ClF3N3O2S/c1-12(19(29)26-16-6-4-5-7-17(16)30-3)27(2)11-18(28)25-13-8-9-15(21)14(10-13)20(22,23)24/h4-10,12H,11H2,1-3H3,(H,25,28)(H,26,29). The number of amides is 2. The van der Waals surface area contributed by atoms with Crippen LogP contribution in [0.1, 0.15) is 12.5 Å². The second-order valence-electron chi connectivity index (χ2n) is 6.52. The molecule has 0 aliphatic heterocycles. The summed E-state index contributed by atoms with van der Waals surface area (Å²) in [5, 5.41) is 4.77. The first-order valence-electron chi connectivity index (χ1n) is 8.83. The minimum absolute atomic E-state index is 0.0314. The number of carbonyl (C=O) groups excluding carboxylic acids is 2. The average molecular weight is 460 g/mol. The Hall–Kier alpha value is -2.23. The highest BCUT2D eigenvalue weighted by Gasteiger charge is 2.33. The molecule has 30 heavy (non-hydrogen) atoms.